The Morgan fingerprint density at radius 1 is 0.296 bits per heavy atom. The van der Waals surface area contributed by atoms with E-state index < -0.39 is 6.10 Å². The molecule has 0 fully saturated rings. The summed E-state index contributed by atoms with van der Waals surface area (Å²) in [4.78, 5) is 38.2. The van der Waals surface area contributed by atoms with Gasteiger partial charge in [0.1, 0.15) is 13.2 Å². The van der Waals surface area contributed by atoms with E-state index in [1.165, 1.54) is 96.3 Å². The molecule has 0 saturated carbocycles. The maximum atomic E-state index is 12.8. The molecule has 0 bridgehead atoms. The predicted molar refractivity (Wildman–Crippen MR) is 306 cm³/mol. The Balaban J connectivity index is 4.53. The van der Waals surface area contributed by atoms with E-state index in [1.54, 1.807) is 0 Å². The predicted octanol–water partition coefficient (Wildman–Crippen LogP) is 19.6. The van der Waals surface area contributed by atoms with Crippen LogP contribution in [-0.2, 0) is 28.6 Å². The van der Waals surface area contributed by atoms with E-state index >= 15 is 0 Å². The van der Waals surface area contributed by atoms with Crippen LogP contribution in [0.15, 0.2) is 122 Å². The van der Waals surface area contributed by atoms with Crippen LogP contribution in [0.4, 0.5) is 0 Å². The first-order valence-corrected chi connectivity index (χ1v) is 29.0. The van der Waals surface area contributed by atoms with Crippen LogP contribution in [0.1, 0.15) is 252 Å². The van der Waals surface area contributed by atoms with Crippen LogP contribution in [0.5, 0.6) is 0 Å². The summed E-state index contributed by atoms with van der Waals surface area (Å²) >= 11 is 0. The van der Waals surface area contributed by atoms with Crippen molar-refractivity contribution in [2.24, 2.45) is 0 Å². The number of ether oxygens (including phenoxy) is 3. The van der Waals surface area contributed by atoms with Crippen molar-refractivity contribution < 1.29 is 28.6 Å². The van der Waals surface area contributed by atoms with Crippen LogP contribution in [0.2, 0.25) is 0 Å². The Morgan fingerprint density at radius 3 is 0.901 bits per heavy atom. The van der Waals surface area contributed by atoms with Gasteiger partial charge in [-0.2, -0.15) is 0 Å². The summed E-state index contributed by atoms with van der Waals surface area (Å²) in [5.41, 5.74) is 0. The van der Waals surface area contributed by atoms with E-state index in [-0.39, 0.29) is 37.5 Å². The molecular weight excluding hydrogens is 877 g/mol. The molecule has 0 aliphatic carbocycles. The lowest BCUT2D eigenvalue weighted by molar-refractivity contribution is -0.167. The second-order valence-corrected chi connectivity index (χ2v) is 18.8. The fourth-order valence-electron chi connectivity index (χ4n) is 7.57. The van der Waals surface area contributed by atoms with Gasteiger partial charge >= 0.3 is 17.9 Å². The number of allylic oxidation sites excluding steroid dienone is 20. The quantitative estimate of drug-likeness (QED) is 0.0261. The van der Waals surface area contributed by atoms with E-state index in [9.17, 15) is 14.4 Å². The minimum absolute atomic E-state index is 0.113. The first-order valence-electron chi connectivity index (χ1n) is 29.0. The zero-order chi connectivity index (χ0) is 51.4. The SMILES string of the molecule is CC/C=C\C/C=C\C/C=C\C/C=C\CCCCCCC(=O)OC[C@H](COC(=O)CCCCCCCCCCC/C=C\C/C=C\CCCCC)OC(=O)CCC/C=C\C/C=C\C/C=C\C/C=C\CCCCC. The van der Waals surface area contributed by atoms with Crippen molar-refractivity contribution in [3.05, 3.63) is 122 Å². The molecule has 0 aliphatic rings. The molecule has 0 aliphatic heterocycles. The monoisotopic (exact) mass is 983 g/mol. The van der Waals surface area contributed by atoms with Crippen molar-refractivity contribution in [2.45, 2.75) is 258 Å². The number of carbonyl (C=O) groups is 3. The Hall–Kier alpha value is -4.19. The molecule has 0 radical (unpaired) electrons. The molecule has 402 valence electrons. The molecule has 0 heterocycles. The van der Waals surface area contributed by atoms with E-state index in [4.69, 9.17) is 14.2 Å². The zero-order valence-corrected chi connectivity index (χ0v) is 45.9. The van der Waals surface area contributed by atoms with Crippen molar-refractivity contribution in [1.29, 1.82) is 0 Å². The van der Waals surface area contributed by atoms with Crippen LogP contribution in [-0.4, -0.2) is 37.2 Å². The minimum Gasteiger partial charge on any atom is -0.462 e. The van der Waals surface area contributed by atoms with Gasteiger partial charge in [-0.05, 0) is 128 Å². The van der Waals surface area contributed by atoms with Crippen LogP contribution >= 0.6 is 0 Å². The van der Waals surface area contributed by atoms with Crippen LogP contribution in [0.25, 0.3) is 0 Å². The molecule has 0 rings (SSSR count). The van der Waals surface area contributed by atoms with Gasteiger partial charge in [-0.15, -0.1) is 0 Å². The number of carbonyl (C=O) groups excluding carboxylic acids is 3. The number of rotatable bonds is 51. The summed E-state index contributed by atoms with van der Waals surface area (Å²) in [7, 11) is 0. The Bertz CT molecular complexity index is 1500. The van der Waals surface area contributed by atoms with Gasteiger partial charge in [0.25, 0.3) is 0 Å². The van der Waals surface area contributed by atoms with Crippen molar-refractivity contribution in [2.75, 3.05) is 13.2 Å². The molecule has 0 unspecified atom stereocenters. The molecule has 0 spiro atoms. The van der Waals surface area contributed by atoms with Crippen LogP contribution < -0.4 is 0 Å². The Labute approximate surface area is 437 Å². The molecular formula is C65H106O6. The van der Waals surface area contributed by atoms with Gasteiger partial charge in [0.2, 0.25) is 0 Å². The number of esters is 3. The Morgan fingerprint density at radius 2 is 0.563 bits per heavy atom. The maximum absolute atomic E-state index is 12.8. The van der Waals surface area contributed by atoms with Gasteiger partial charge in [-0.3, -0.25) is 14.4 Å². The summed E-state index contributed by atoms with van der Waals surface area (Å²) in [5.74, 6) is -0.999. The van der Waals surface area contributed by atoms with Crippen molar-refractivity contribution in [3.63, 3.8) is 0 Å². The normalized spacial score (nSPS) is 13.0. The van der Waals surface area contributed by atoms with E-state index in [2.05, 4.69) is 142 Å². The first-order chi connectivity index (χ1) is 35.0. The van der Waals surface area contributed by atoms with Gasteiger partial charge in [-0.25, -0.2) is 0 Å². The second kappa shape index (κ2) is 58.4. The van der Waals surface area contributed by atoms with Crippen LogP contribution in [0, 0.1) is 0 Å². The summed E-state index contributed by atoms with van der Waals surface area (Å²) in [5, 5.41) is 0. The highest BCUT2D eigenvalue weighted by Gasteiger charge is 2.19. The van der Waals surface area contributed by atoms with Gasteiger partial charge in [-0.1, -0.05) is 226 Å². The smallest absolute Gasteiger partial charge is 0.306 e. The Kier molecular flexibility index (Phi) is 54.9. The molecule has 1 atom stereocenters. The molecule has 0 saturated heterocycles. The highest BCUT2D eigenvalue weighted by atomic mass is 16.6. The highest BCUT2D eigenvalue weighted by Crippen LogP contribution is 2.14. The van der Waals surface area contributed by atoms with Gasteiger partial charge in [0, 0.05) is 19.3 Å². The minimum atomic E-state index is -0.823. The van der Waals surface area contributed by atoms with Crippen molar-refractivity contribution in [1.82, 2.24) is 0 Å². The highest BCUT2D eigenvalue weighted by molar-refractivity contribution is 5.71. The molecule has 6 nitrogen and oxygen atoms in total. The van der Waals surface area contributed by atoms with Gasteiger partial charge < -0.3 is 14.2 Å². The molecule has 0 N–H and O–H groups in total. The summed E-state index contributed by atoms with van der Waals surface area (Å²) in [6.07, 6.45) is 80.4. The summed E-state index contributed by atoms with van der Waals surface area (Å²) < 4.78 is 16.8. The van der Waals surface area contributed by atoms with E-state index in [1.807, 2.05) is 0 Å². The average Bonchev–Trinajstić information content (AvgIpc) is 3.37. The van der Waals surface area contributed by atoms with Crippen LogP contribution in [0.3, 0.4) is 0 Å². The van der Waals surface area contributed by atoms with Gasteiger partial charge in [0.05, 0.1) is 0 Å². The molecule has 71 heavy (non-hydrogen) atoms. The fraction of sp³-hybridized carbons (Fsp3) is 0.646. The lowest BCUT2D eigenvalue weighted by Gasteiger charge is -2.18. The number of unbranched alkanes of at least 4 members (excludes halogenated alkanes) is 20. The third-order valence-corrected chi connectivity index (χ3v) is 11.9. The molecule has 0 aromatic rings. The topological polar surface area (TPSA) is 78.9 Å². The largest absolute Gasteiger partial charge is 0.462 e. The molecule has 0 amide bonds. The summed E-state index contributed by atoms with van der Waals surface area (Å²) in [6.45, 7) is 6.40. The molecule has 0 aromatic heterocycles. The lowest BCUT2D eigenvalue weighted by Crippen LogP contribution is -2.30. The van der Waals surface area contributed by atoms with Gasteiger partial charge in [0.15, 0.2) is 6.10 Å². The van der Waals surface area contributed by atoms with E-state index in [0.29, 0.717) is 19.3 Å². The summed E-state index contributed by atoms with van der Waals surface area (Å²) in [6, 6.07) is 0. The fourth-order valence-corrected chi connectivity index (χ4v) is 7.57. The van der Waals surface area contributed by atoms with Crippen molar-refractivity contribution >= 4 is 17.9 Å². The third kappa shape index (κ3) is 56.6. The average molecular weight is 984 g/mol. The third-order valence-electron chi connectivity index (χ3n) is 11.9. The number of hydrogen-bond acceptors (Lipinski definition) is 6. The van der Waals surface area contributed by atoms with E-state index in [0.717, 1.165) is 109 Å². The lowest BCUT2D eigenvalue weighted by atomic mass is 10.1. The molecule has 0 aromatic carbocycles. The van der Waals surface area contributed by atoms with Crippen molar-refractivity contribution in [3.8, 4) is 0 Å². The number of hydrogen-bond donors (Lipinski definition) is 0. The second-order valence-electron chi connectivity index (χ2n) is 18.8. The maximum Gasteiger partial charge on any atom is 0.306 e. The molecule has 6 heteroatoms. The standard InChI is InChI=1S/C65H106O6/c1-4-7-10-13-16-19-22-25-28-31-32-35-37-40-43-46-49-52-55-58-64(67)70-61-62(71-65(68)59-56-53-50-47-44-41-38-34-30-27-24-21-18-15-12-9-6-3)60-69-63(66)57-54-51-48-45-42-39-36-33-29-26-23-20-17-14-11-8-5-2/h8,11,16-21,25-30,36,38-39,41,47,50,62H,4-7,9-10,12-15,22-24,31-35,37,40,42-46,48-49,51-61H2,1-3H3/b11-8-,19-16-,20-17-,21-18-,28-25-,29-26-,30-27-,39-36-,41-38-,50-47-/t62-/m1/s1. The zero-order valence-electron chi connectivity index (χ0n) is 45.9. The first kappa shape index (κ1) is 66.8.